The minimum Gasteiger partial charge on any atom is -0.406 e. The average Bonchev–Trinajstić information content (AvgIpc) is 2.11. The highest BCUT2D eigenvalue weighted by Gasteiger charge is 2.32. The van der Waals surface area contributed by atoms with Gasteiger partial charge in [-0.2, -0.15) is 0 Å². The third kappa shape index (κ3) is 4.09. The first-order chi connectivity index (χ1) is 7.54. The fourth-order valence-corrected chi connectivity index (χ4v) is 1.70. The minimum absolute atomic E-state index is 0. The second-order valence-electron chi connectivity index (χ2n) is 3.88. The molecule has 0 aliphatic carbocycles. The lowest BCUT2D eigenvalue weighted by atomic mass is 9.94. The van der Waals surface area contributed by atoms with Crippen LogP contribution in [-0.4, -0.2) is 19.5 Å². The maximum Gasteiger partial charge on any atom is 0.573 e. The normalized spacial score (nSPS) is 15.9. The smallest absolute Gasteiger partial charge is 0.406 e. The van der Waals surface area contributed by atoms with Crippen molar-refractivity contribution in [3.63, 3.8) is 0 Å². The zero-order valence-electron chi connectivity index (χ0n) is 8.96. The van der Waals surface area contributed by atoms with E-state index in [4.69, 9.17) is 0 Å². The number of para-hydroxylation sites is 1. The second kappa shape index (κ2) is 5.60. The predicted molar refractivity (Wildman–Crippen MR) is 60.4 cm³/mol. The summed E-state index contributed by atoms with van der Waals surface area (Å²) in [6.07, 6.45) is -3.99. The zero-order chi connectivity index (χ0) is 11.6. The molecule has 2 rings (SSSR count). The number of hydrogen-bond donors (Lipinski definition) is 1. The molecular formula is C11H13ClF3NO. The van der Waals surface area contributed by atoms with Crippen LogP contribution in [0.1, 0.15) is 5.56 Å². The first-order valence-corrected chi connectivity index (χ1v) is 5.09. The molecule has 0 amide bonds. The van der Waals surface area contributed by atoms with E-state index >= 15 is 0 Å². The summed E-state index contributed by atoms with van der Waals surface area (Å²) in [6, 6.07) is 6.31. The Kier molecular flexibility index (Phi) is 4.65. The van der Waals surface area contributed by atoms with E-state index in [9.17, 15) is 13.2 Å². The van der Waals surface area contributed by atoms with Gasteiger partial charge in [0.1, 0.15) is 5.75 Å². The van der Waals surface area contributed by atoms with E-state index in [0.29, 0.717) is 17.9 Å². The van der Waals surface area contributed by atoms with Crippen LogP contribution < -0.4 is 10.1 Å². The number of alkyl halides is 3. The van der Waals surface area contributed by atoms with Crippen molar-refractivity contribution in [2.45, 2.75) is 12.8 Å². The molecule has 0 atom stereocenters. The van der Waals surface area contributed by atoms with Gasteiger partial charge in [-0.05, 0) is 37.1 Å². The number of nitrogens with one attached hydrogen (secondary N) is 1. The third-order valence-electron chi connectivity index (χ3n) is 2.57. The largest absolute Gasteiger partial charge is 0.573 e. The van der Waals surface area contributed by atoms with Crippen molar-refractivity contribution in [3.05, 3.63) is 29.8 Å². The van der Waals surface area contributed by atoms with Crippen LogP contribution in [-0.2, 0) is 6.42 Å². The molecule has 1 heterocycles. The van der Waals surface area contributed by atoms with Crippen LogP contribution in [0.2, 0.25) is 0 Å². The summed E-state index contributed by atoms with van der Waals surface area (Å²) in [5.74, 6) is 0.333. The lowest BCUT2D eigenvalue weighted by Crippen LogP contribution is -2.43. The molecule has 0 spiro atoms. The lowest BCUT2D eigenvalue weighted by molar-refractivity contribution is -0.274. The lowest BCUT2D eigenvalue weighted by Gasteiger charge is -2.27. The number of halogens is 4. The second-order valence-corrected chi connectivity index (χ2v) is 3.88. The van der Waals surface area contributed by atoms with E-state index in [-0.39, 0.29) is 18.2 Å². The topological polar surface area (TPSA) is 21.3 Å². The molecule has 96 valence electrons. The quantitative estimate of drug-likeness (QED) is 0.909. The van der Waals surface area contributed by atoms with Crippen LogP contribution >= 0.6 is 12.4 Å². The van der Waals surface area contributed by atoms with Gasteiger partial charge in [0.25, 0.3) is 0 Å². The SMILES string of the molecule is Cl.FC(F)(F)Oc1ccccc1CC1CNC1. The molecule has 0 saturated carbocycles. The molecule has 1 aromatic rings. The number of hydrogen-bond acceptors (Lipinski definition) is 2. The van der Waals surface area contributed by atoms with Gasteiger partial charge in [0.2, 0.25) is 0 Å². The Labute approximate surface area is 104 Å². The van der Waals surface area contributed by atoms with Gasteiger partial charge < -0.3 is 10.1 Å². The fraction of sp³-hybridized carbons (Fsp3) is 0.455. The van der Waals surface area contributed by atoms with Gasteiger partial charge in [-0.1, -0.05) is 18.2 Å². The summed E-state index contributed by atoms with van der Waals surface area (Å²) >= 11 is 0. The number of rotatable bonds is 3. The molecule has 1 aromatic carbocycles. The molecule has 0 aromatic heterocycles. The maximum absolute atomic E-state index is 12.1. The summed E-state index contributed by atoms with van der Waals surface area (Å²) < 4.78 is 40.3. The molecule has 17 heavy (non-hydrogen) atoms. The number of benzene rings is 1. The Morgan fingerprint density at radius 3 is 2.41 bits per heavy atom. The van der Waals surface area contributed by atoms with Gasteiger partial charge in [0, 0.05) is 0 Å². The van der Waals surface area contributed by atoms with Crippen LogP contribution in [0.3, 0.4) is 0 Å². The third-order valence-corrected chi connectivity index (χ3v) is 2.57. The van der Waals surface area contributed by atoms with Crippen molar-refractivity contribution in [1.29, 1.82) is 0 Å². The molecule has 1 aliphatic heterocycles. The Morgan fingerprint density at radius 1 is 1.24 bits per heavy atom. The summed E-state index contributed by atoms with van der Waals surface area (Å²) in [5, 5.41) is 3.09. The fourth-order valence-electron chi connectivity index (χ4n) is 1.70. The molecule has 1 aliphatic rings. The van der Waals surface area contributed by atoms with Crippen LogP contribution in [0, 0.1) is 5.92 Å². The highest BCUT2D eigenvalue weighted by molar-refractivity contribution is 5.85. The Bertz CT molecular complexity index is 366. The first kappa shape index (κ1) is 14.1. The van der Waals surface area contributed by atoms with Crippen molar-refractivity contribution in [1.82, 2.24) is 5.32 Å². The average molecular weight is 268 g/mol. The predicted octanol–water partition coefficient (Wildman–Crippen LogP) is 2.77. The van der Waals surface area contributed by atoms with Crippen LogP contribution in [0.15, 0.2) is 24.3 Å². The molecule has 0 bridgehead atoms. The summed E-state index contributed by atoms with van der Waals surface area (Å²) in [7, 11) is 0. The maximum atomic E-state index is 12.1. The highest BCUT2D eigenvalue weighted by Crippen LogP contribution is 2.28. The van der Waals surface area contributed by atoms with Gasteiger partial charge in [0.05, 0.1) is 0 Å². The highest BCUT2D eigenvalue weighted by atomic mass is 35.5. The molecule has 1 saturated heterocycles. The van der Waals surface area contributed by atoms with E-state index in [2.05, 4.69) is 10.1 Å². The summed E-state index contributed by atoms with van der Waals surface area (Å²) in [6.45, 7) is 1.72. The Hall–Kier alpha value is -0.940. The summed E-state index contributed by atoms with van der Waals surface area (Å²) in [4.78, 5) is 0. The minimum atomic E-state index is -4.62. The van der Waals surface area contributed by atoms with Crippen LogP contribution in [0.4, 0.5) is 13.2 Å². The van der Waals surface area contributed by atoms with Crippen LogP contribution in [0.5, 0.6) is 5.75 Å². The molecule has 1 N–H and O–H groups in total. The Morgan fingerprint density at radius 2 is 1.88 bits per heavy atom. The molecule has 6 heteroatoms. The molecular weight excluding hydrogens is 255 g/mol. The van der Waals surface area contributed by atoms with Crippen molar-refractivity contribution in [2.75, 3.05) is 13.1 Å². The standard InChI is InChI=1S/C11H12F3NO.ClH/c12-11(13,14)16-10-4-2-1-3-9(10)5-8-6-15-7-8;/h1-4,8,15H,5-7H2;1H. The van der Waals surface area contributed by atoms with Gasteiger partial charge >= 0.3 is 6.36 Å². The van der Waals surface area contributed by atoms with E-state index in [1.54, 1.807) is 18.2 Å². The van der Waals surface area contributed by atoms with Crippen molar-refractivity contribution in [3.8, 4) is 5.75 Å². The molecule has 0 unspecified atom stereocenters. The van der Waals surface area contributed by atoms with E-state index < -0.39 is 6.36 Å². The molecule has 1 fully saturated rings. The van der Waals surface area contributed by atoms with Crippen molar-refractivity contribution >= 4 is 12.4 Å². The first-order valence-electron chi connectivity index (χ1n) is 5.09. The monoisotopic (exact) mass is 267 g/mol. The van der Waals surface area contributed by atoms with E-state index in [1.165, 1.54) is 6.07 Å². The van der Waals surface area contributed by atoms with Crippen LogP contribution in [0.25, 0.3) is 0 Å². The van der Waals surface area contributed by atoms with Crippen molar-refractivity contribution in [2.24, 2.45) is 5.92 Å². The van der Waals surface area contributed by atoms with Crippen molar-refractivity contribution < 1.29 is 17.9 Å². The molecule has 0 radical (unpaired) electrons. The van der Waals surface area contributed by atoms with E-state index in [1.807, 2.05) is 0 Å². The zero-order valence-corrected chi connectivity index (χ0v) is 9.77. The van der Waals surface area contributed by atoms with Gasteiger partial charge in [0.15, 0.2) is 0 Å². The number of ether oxygens (including phenoxy) is 1. The van der Waals surface area contributed by atoms with Gasteiger partial charge in [-0.25, -0.2) is 0 Å². The molecule has 2 nitrogen and oxygen atoms in total. The Balaban J connectivity index is 0.00000144. The van der Waals surface area contributed by atoms with E-state index in [0.717, 1.165) is 13.1 Å². The summed E-state index contributed by atoms with van der Waals surface area (Å²) in [5.41, 5.74) is 0.617. The van der Waals surface area contributed by atoms with Gasteiger partial charge in [-0.3, -0.25) is 0 Å². The van der Waals surface area contributed by atoms with Gasteiger partial charge in [-0.15, -0.1) is 25.6 Å².